The van der Waals surface area contributed by atoms with Gasteiger partial charge in [0.05, 0.1) is 10.5 Å². The van der Waals surface area contributed by atoms with E-state index in [-0.39, 0.29) is 11.5 Å². The minimum absolute atomic E-state index is 0.108. The number of hydrogen-bond donors (Lipinski definition) is 1. The molecule has 0 spiro atoms. The normalized spacial score (nSPS) is 15.9. The first kappa shape index (κ1) is 18.4. The molecule has 1 aromatic heterocycles. The van der Waals surface area contributed by atoms with Gasteiger partial charge >= 0.3 is 5.97 Å². The number of aryl methyl sites for hydroxylation is 1. The monoisotopic (exact) mass is 387 g/mol. The smallest absolute Gasteiger partial charge is 0.335 e. The largest absolute Gasteiger partial charge is 0.478 e. The zero-order chi connectivity index (χ0) is 18.8. The maximum absolute atomic E-state index is 12.4. The van der Waals surface area contributed by atoms with Crippen LogP contribution in [0.5, 0.6) is 0 Å². The van der Waals surface area contributed by atoms with Gasteiger partial charge < -0.3 is 9.52 Å². The number of carbonyl (C=O) groups is 2. The van der Waals surface area contributed by atoms with Crippen molar-refractivity contribution in [2.24, 2.45) is 0 Å². The molecule has 0 atom stereocenters. The minimum atomic E-state index is -0.988. The number of furan rings is 1. The Kier molecular flexibility index (Phi) is 5.29. The lowest BCUT2D eigenvalue weighted by atomic mass is 10.0. The lowest BCUT2D eigenvalue weighted by Crippen LogP contribution is -2.28. The summed E-state index contributed by atoms with van der Waals surface area (Å²) in [6.45, 7) is 4.49. The average molecular weight is 387 g/mol. The maximum Gasteiger partial charge on any atom is 0.335 e. The first-order valence-corrected chi connectivity index (χ1v) is 9.32. The first-order valence-electron chi connectivity index (χ1n) is 8.10. The predicted molar refractivity (Wildman–Crippen MR) is 106 cm³/mol. The van der Waals surface area contributed by atoms with Crippen molar-refractivity contribution in [3.05, 3.63) is 52.1 Å². The summed E-state index contributed by atoms with van der Waals surface area (Å²) >= 11 is 6.52. The number of nitrogens with zero attached hydrogens (tertiary/aromatic N) is 1. The molecular formula is C19H17NO4S2. The molecule has 0 saturated carbocycles. The Bertz CT molecular complexity index is 929. The van der Waals surface area contributed by atoms with Gasteiger partial charge in [0.25, 0.3) is 5.91 Å². The topological polar surface area (TPSA) is 70.8 Å². The van der Waals surface area contributed by atoms with E-state index >= 15 is 0 Å². The Hall–Kier alpha value is -2.38. The molecule has 0 aliphatic carbocycles. The molecular weight excluding hydrogens is 370 g/mol. The van der Waals surface area contributed by atoms with E-state index in [2.05, 4.69) is 0 Å². The number of thioether (sulfide) groups is 1. The van der Waals surface area contributed by atoms with Crippen molar-refractivity contribution >= 4 is 46.3 Å². The zero-order valence-electron chi connectivity index (χ0n) is 14.3. The number of carboxylic acid groups (broad SMARTS) is 1. The van der Waals surface area contributed by atoms with Crippen molar-refractivity contribution in [2.45, 2.75) is 20.3 Å². The van der Waals surface area contributed by atoms with E-state index in [0.29, 0.717) is 32.9 Å². The fourth-order valence-corrected chi connectivity index (χ4v) is 3.93. The van der Waals surface area contributed by atoms with Crippen LogP contribution in [-0.2, 0) is 4.79 Å². The standard InChI is InChI=1S/C19H17NO4S2/c1-3-8-20-17(21)16(26-19(20)25)10-13-6-7-15(24-13)14-9-12(18(22)23)5-4-11(14)2/h4-7,9-10H,3,8H2,1-2H3,(H,22,23)/b16-10+. The van der Waals surface area contributed by atoms with Crippen LogP contribution < -0.4 is 0 Å². The predicted octanol–water partition coefficient (Wildman–Crippen LogP) is 4.56. The number of amides is 1. The summed E-state index contributed by atoms with van der Waals surface area (Å²) in [6.07, 6.45) is 2.51. The van der Waals surface area contributed by atoms with Gasteiger partial charge in [-0.05, 0) is 43.2 Å². The Labute approximate surface area is 160 Å². The van der Waals surface area contributed by atoms with Crippen LogP contribution in [0.4, 0.5) is 0 Å². The third-order valence-electron chi connectivity index (χ3n) is 3.97. The molecule has 1 fully saturated rings. The summed E-state index contributed by atoms with van der Waals surface area (Å²) in [5.74, 6) is -0.0144. The third kappa shape index (κ3) is 3.59. The van der Waals surface area contributed by atoms with E-state index in [1.165, 1.54) is 11.8 Å². The Morgan fingerprint density at radius 3 is 2.81 bits per heavy atom. The molecule has 0 bridgehead atoms. The fraction of sp³-hybridized carbons (Fsp3) is 0.211. The van der Waals surface area contributed by atoms with Crippen LogP contribution in [-0.4, -0.2) is 32.7 Å². The summed E-state index contributed by atoms with van der Waals surface area (Å²) in [7, 11) is 0. The van der Waals surface area contributed by atoms with Gasteiger partial charge in [0.15, 0.2) is 0 Å². The van der Waals surface area contributed by atoms with Crippen LogP contribution in [0.25, 0.3) is 17.4 Å². The van der Waals surface area contributed by atoms with E-state index in [4.69, 9.17) is 21.7 Å². The van der Waals surface area contributed by atoms with Gasteiger partial charge in [0.2, 0.25) is 0 Å². The maximum atomic E-state index is 12.4. The number of benzene rings is 1. The highest BCUT2D eigenvalue weighted by atomic mass is 32.2. The lowest BCUT2D eigenvalue weighted by molar-refractivity contribution is -0.122. The molecule has 0 radical (unpaired) electrons. The van der Waals surface area contributed by atoms with E-state index in [1.54, 1.807) is 41.3 Å². The molecule has 1 amide bonds. The molecule has 1 aromatic carbocycles. The quantitative estimate of drug-likeness (QED) is 0.599. The molecule has 0 unspecified atom stereocenters. The molecule has 1 aliphatic rings. The van der Waals surface area contributed by atoms with Gasteiger partial charge in [-0.15, -0.1) is 0 Å². The van der Waals surface area contributed by atoms with E-state index < -0.39 is 5.97 Å². The molecule has 2 heterocycles. The second kappa shape index (κ2) is 7.47. The molecule has 5 nitrogen and oxygen atoms in total. The number of carbonyl (C=O) groups excluding carboxylic acids is 1. The fourth-order valence-electron chi connectivity index (χ4n) is 2.64. The first-order chi connectivity index (χ1) is 12.4. The summed E-state index contributed by atoms with van der Waals surface area (Å²) in [5, 5.41) is 9.17. The summed E-state index contributed by atoms with van der Waals surface area (Å²) in [5.41, 5.74) is 1.82. The van der Waals surface area contributed by atoms with E-state index in [9.17, 15) is 9.59 Å². The Balaban J connectivity index is 1.90. The lowest BCUT2D eigenvalue weighted by Gasteiger charge is -2.11. The number of carboxylic acids is 1. The molecule has 2 aromatic rings. The number of thiocarbonyl (C=S) groups is 1. The molecule has 26 heavy (non-hydrogen) atoms. The van der Waals surface area contributed by atoms with Crippen LogP contribution in [0.2, 0.25) is 0 Å². The molecule has 7 heteroatoms. The van der Waals surface area contributed by atoms with Gasteiger partial charge in [-0.2, -0.15) is 0 Å². The van der Waals surface area contributed by atoms with Gasteiger partial charge in [0, 0.05) is 18.2 Å². The van der Waals surface area contributed by atoms with Crippen LogP contribution in [0, 0.1) is 6.92 Å². The second-order valence-corrected chi connectivity index (χ2v) is 7.55. The SMILES string of the molecule is CCCN1C(=O)/C(=C\c2ccc(-c3cc(C(=O)O)ccc3C)o2)SC1=S. The van der Waals surface area contributed by atoms with Gasteiger partial charge in [-0.25, -0.2) is 4.79 Å². The summed E-state index contributed by atoms with van der Waals surface area (Å²) < 4.78 is 6.38. The zero-order valence-corrected chi connectivity index (χ0v) is 15.9. The van der Waals surface area contributed by atoms with Gasteiger partial charge in [-0.3, -0.25) is 9.69 Å². The average Bonchev–Trinajstić information content (AvgIpc) is 3.16. The molecule has 134 valence electrons. The van der Waals surface area contributed by atoms with Crippen LogP contribution >= 0.6 is 24.0 Å². The number of rotatable bonds is 5. The van der Waals surface area contributed by atoms with Gasteiger partial charge in [0.1, 0.15) is 15.8 Å². The van der Waals surface area contributed by atoms with E-state index in [0.717, 1.165) is 12.0 Å². The minimum Gasteiger partial charge on any atom is -0.478 e. The van der Waals surface area contributed by atoms with Crippen molar-refractivity contribution in [1.29, 1.82) is 0 Å². The molecule has 1 aliphatic heterocycles. The van der Waals surface area contributed by atoms with Crippen molar-refractivity contribution in [3.63, 3.8) is 0 Å². The highest BCUT2D eigenvalue weighted by Crippen LogP contribution is 2.34. The highest BCUT2D eigenvalue weighted by molar-refractivity contribution is 8.26. The second-order valence-electron chi connectivity index (χ2n) is 5.87. The summed E-state index contributed by atoms with van der Waals surface area (Å²) in [6, 6.07) is 8.42. The van der Waals surface area contributed by atoms with Crippen molar-refractivity contribution < 1.29 is 19.1 Å². The summed E-state index contributed by atoms with van der Waals surface area (Å²) in [4.78, 5) is 25.7. The van der Waals surface area contributed by atoms with E-state index in [1.807, 2.05) is 13.8 Å². The third-order valence-corrected chi connectivity index (χ3v) is 5.35. The van der Waals surface area contributed by atoms with Crippen molar-refractivity contribution in [3.8, 4) is 11.3 Å². The van der Waals surface area contributed by atoms with Crippen LogP contribution in [0.3, 0.4) is 0 Å². The van der Waals surface area contributed by atoms with Crippen molar-refractivity contribution in [1.82, 2.24) is 4.90 Å². The number of aromatic carboxylic acids is 1. The Morgan fingerprint density at radius 2 is 2.12 bits per heavy atom. The Morgan fingerprint density at radius 1 is 1.35 bits per heavy atom. The highest BCUT2D eigenvalue weighted by Gasteiger charge is 2.31. The van der Waals surface area contributed by atoms with Crippen LogP contribution in [0.1, 0.15) is 35.0 Å². The van der Waals surface area contributed by atoms with Gasteiger partial charge in [-0.1, -0.05) is 37.0 Å². The molecule has 1 N–H and O–H groups in total. The molecule has 1 saturated heterocycles. The van der Waals surface area contributed by atoms with Crippen LogP contribution in [0.15, 0.2) is 39.7 Å². The molecule has 3 rings (SSSR count). The number of hydrogen-bond acceptors (Lipinski definition) is 5. The van der Waals surface area contributed by atoms with Crippen molar-refractivity contribution in [2.75, 3.05) is 6.54 Å².